The lowest BCUT2D eigenvalue weighted by molar-refractivity contribution is -0.142. The lowest BCUT2D eigenvalue weighted by Crippen LogP contribution is -2.35. The maximum atomic E-state index is 13.0. The Morgan fingerprint density at radius 1 is 1.48 bits per heavy atom. The summed E-state index contributed by atoms with van der Waals surface area (Å²) in [5.41, 5.74) is 0.429. The van der Waals surface area contributed by atoms with Crippen LogP contribution in [-0.2, 0) is 9.59 Å². The number of rotatable bonds is 5. The Hall–Kier alpha value is -1.95. The van der Waals surface area contributed by atoms with Gasteiger partial charge in [0.2, 0.25) is 5.91 Å². The molecule has 6 heteroatoms. The van der Waals surface area contributed by atoms with Gasteiger partial charge in [0.15, 0.2) is 0 Å². The molecule has 1 aromatic carbocycles. The molecule has 114 valence electrons. The second-order valence-electron chi connectivity index (χ2n) is 5.32. The van der Waals surface area contributed by atoms with E-state index in [0.29, 0.717) is 25.2 Å². The smallest absolute Gasteiger partial charge is 0.308 e. The second kappa shape index (κ2) is 6.67. The molecule has 1 heterocycles. The molecule has 0 aromatic heterocycles. The zero-order chi connectivity index (χ0) is 15.4. The number of hydrogen-bond acceptors (Lipinski definition) is 3. The van der Waals surface area contributed by atoms with Crippen LogP contribution >= 0.6 is 0 Å². The van der Waals surface area contributed by atoms with Gasteiger partial charge in [0.05, 0.1) is 5.92 Å². The van der Waals surface area contributed by atoms with Gasteiger partial charge in [-0.1, -0.05) is 6.07 Å². The van der Waals surface area contributed by atoms with Gasteiger partial charge in [0.25, 0.3) is 0 Å². The van der Waals surface area contributed by atoms with Crippen molar-refractivity contribution in [2.75, 3.05) is 18.4 Å². The molecule has 1 aliphatic rings. The van der Waals surface area contributed by atoms with Gasteiger partial charge in [0.1, 0.15) is 5.82 Å². The van der Waals surface area contributed by atoms with Crippen LogP contribution in [-0.4, -0.2) is 41.0 Å². The number of carbonyl (C=O) groups is 2. The topological polar surface area (TPSA) is 69.6 Å². The van der Waals surface area contributed by atoms with Crippen LogP contribution in [0.1, 0.15) is 19.8 Å². The maximum absolute atomic E-state index is 13.0. The molecule has 0 spiro atoms. The highest BCUT2D eigenvalue weighted by molar-refractivity contribution is 5.90. The van der Waals surface area contributed by atoms with E-state index in [9.17, 15) is 14.0 Å². The third-order valence-corrected chi connectivity index (χ3v) is 3.94. The summed E-state index contributed by atoms with van der Waals surface area (Å²) in [6, 6.07) is 5.67. The van der Waals surface area contributed by atoms with Crippen LogP contribution in [0.25, 0.3) is 0 Å². The number of benzene rings is 1. The molecule has 1 aromatic rings. The lowest BCUT2D eigenvalue weighted by Gasteiger charge is -2.22. The van der Waals surface area contributed by atoms with E-state index in [2.05, 4.69) is 5.32 Å². The molecule has 2 rings (SSSR count). The van der Waals surface area contributed by atoms with E-state index in [1.807, 2.05) is 11.8 Å². The average molecular weight is 294 g/mol. The number of hydrogen-bond donors (Lipinski definition) is 2. The Balaban J connectivity index is 1.81. The SMILES string of the molecule is CC1C(C(=O)O)CCN1CCC(=O)Nc1cccc(F)c1. The van der Waals surface area contributed by atoms with E-state index in [-0.39, 0.29) is 24.3 Å². The fraction of sp³-hybridized carbons (Fsp3) is 0.467. The van der Waals surface area contributed by atoms with E-state index >= 15 is 0 Å². The van der Waals surface area contributed by atoms with Crippen molar-refractivity contribution in [2.24, 2.45) is 5.92 Å². The van der Waals surface area contributed by atoms with Gasteiger partial charge in [-0.15, -0.1) is 0 Å². The molecular formula is C15H19FN2O3. The second-order valence-corrected chi connectivity index (χ2v) is 5.32. The van der Waals surface area contributed by atoms with Crippen LogP contribution in [0.2, 0.25) is 0 Å². The number of amides is 1. The van der Waals surface area contributed by atoms with Gasteiger partial charge < -0.3 is 10.4 Å². The largest absolute Gasteiger partial charge is 0.481 e. The molecule has 1 saturated heterocycles. The van der Waals surface area contributed by atoms with Crippen LogP contribution in [0.5, 0.6) is 0 Å². The van der Waals surface area contributed by atoms with Crippen molar-refractivity contribution in [3.8, 4) is 0 Å². The van der Waals surface area contributed by atoms with Crippen molar-refractivity contribution in [1.82, 2.24) is 4.90 Å². The number of carbonyl (C=O) groups excluding carboxylic acids is 1. The summed E-state index contributed by atoms with van der Waals surface area (Å²) in [6.07, 6.45) is 0.870. The number of halogens is 1. The number of carboxylic acid groups (broad SMARTS) is 1. The Kier molecular flexibility index (Phi) is 4.90. The van der Waals surface area contributed by atoms with E-state index < -0.39 is 11.8 Å². The Bertz CT molecular complexity index is 535. The average Bonchev–Trinajstić information content (AvgIpc) is 2.78. The third kappa shape index (κ3) is 4.01. The summed E-state index contributed by atoms with van der Waals surface area (Å²) in [5.74, 6) is -1.75. The van der Waals surface area contributed by atoms with Crippen molar-refractivity contribution in [3.05, 3.63) is 30.1 Å². The quantitative estimate of drug-likeness (QED) is 0.871. The predicted molar refractivity (Wildman–Crippen MR) is 76.4 cm³/mol. The summed E-state index contributed by atoms with van der Waals surface area (Å²) >= 11 is 0. The van der Waals surface area contributed by atoms with E-state index in [1.165, 1.54) is 18.2 Å². The monoisotopic (exact) mass is 294 g/mol. The Labute approximate surface area is 122 Å². The molecule has 1 fully saturated rings. The summed E-state index contributed by atoms with van der Waals surface area (Å²) in [7, 11) is 0. The minimum atomic E-state index is -0.783. The normalized spacial score (nSPS) is 22.2. The van der Waals surface area contributed by atoms with Crippen LogP contribution < -0.4 is 5.32 Å². The predicted octanol–water partition coefficient (Wildman–Crippen LogP) is 1.95. The van der Waals surface area contributed by atoms with Gasteiger partial charge in [-0.05, 0) is 38.1 Å². The molecule has 0 saturated carbocycles. The molecule has 0 radical (unpaired) electrons. The van der Waals surface area contributed by atoms with E-state index in [0.717, 1.165) is 0 Å². The van der Waals surface area contributed by atoms with Gasteiger partial charge in [-0.2, -0.15) is 0 Å². The summed E-state index contributed by atoms with van der Waals surface area (Å²) < 4.78 is 13.0. The van der Waals surface area contributed by atoms with Gasteiger partial charge in [0, 0.05) is 24.7 Å². The molecule has 0 bridgehead atoms. The van der Waals surface area contributed by atoms with E-state index in [1.54, 1.807) is 6.07 Å². The molecule has 2 unspecified atom stereocenters. The first-order valence-electron chi connectivity index (χ1n) is 6.99. The number of likely N-dealkylation sites (tertiary alicyclic amines) is 1. The number of anilines is 1. The van der Waals surface area contributed by atoms with Crippen molar-refractivity contribution >= 4 is 17.6 Å². The highest BCUT2D eigenvalue weighted by Crippen LogP contribution is 2.24. The highest BCUT2D eigenvalue weighted by atomic mass is 19.1. The minimum absolute atomic E-state index is 0.0653. The summed E-state index contributed by atoms with van der Waals surface area (Å²) in [5, 5.41) is 11.7. The highest BCUT2D eigenvalue weighted by Gasteiger charge is 2.35. The maximum Gasteiger partial charge on any atom is 0.308 e. The first-order valence-corrected chi connectivity index (χ1v) is 6.99. The Morgan fingerprint density at radius 3 is 2.86 bits per heavy atom. The number of carboxylic acids is 1. The molecule has 1 aliphatic heterocycles. The number of nitrogens with zero attached hydrogens (tertiary/aromatic N) is 1. The zero-order valence-electron chi connectivity index (χ0n) is 11.9. The van der Waals surface area contributed by atoms with Crippen molar-refractivity contribution in [2.45, 2.75) is 25.8 Å². The van der Waals surface area contributed by atoms with Gasteiger partial charge >= 0.3 is 5.97 Å². The fourth-order valence-electron chi connectivity index (χ4n) is 2.68. The zero-order valence-corrected chi connectivity index (χ0v) is 11.9. The first kappa shape index (κ1) is 15.4. The summed E-state index contributed by atoms with van der Waals surface area (Å²) in [6.45, 7) is 3.06. The molecule has 2 atom stereocenters. The van der Waals surface area contributed by atoms with Crippen molar-refractivity contribution in [3.63, 3.8) is 0 Å². The van der Waals surface area contributed by atoms with Crippen LogP contribution in [0, 0.1) is 11.7 Å². The van der Waals surface area contributed by atoms with Gasteiger partial charge in [-0.25, -0.2) is 4.39 Å². The molecule has 2 N–H and O–H groups in total. The van der Waals surface area contributed by atoms with Crippen LogP contribution in [0.4, 0.5) is 10.1 Å². The standard InChI is InChI=1S/C15H19FN2O3/c1-10-13(15(20)21)5-7-18(10)8-6-14(19)17-12-4-2-3-11(16)9-12/h2-4,9-10,13H,5-8H2,1H3,(H,17,19)(H,20,21). The molecule has 0 aliphatic carbocycles. The molecule has 21 heavy (non-hydrogen) atoms. The molecule has 1 amide bonds. The molecule has 5 nitrogen and oxygen atoms in total. The van der Waals surface area contributed by atoms with Crippen molar-refractivity contribution in [1.29, 1.82) is 0 Å². The van der Waals surface area contributed by atoms with E-state index in [4.69, 9.17) is 5.11 Å². The van der Waals surface area contributed by atoms with Crippen LogP contribution in [0.15, 0.2) is 24.3 Å². The lowest BCUT2D eigenvalue weighted by atomic mass is 10.0. The Morgan fingerprint density at radius 2 is 2.24 bits per heavy atom. The molecular weight excluding hydrogens is 275 g/mol. The van der Waals surface area contributed by atoms with Gasteiger partial charge in [-0.3, -0.25) is 14.5 Å². The first-order chi connectivity index (χ1) is 9.97. The third-order valence-electron chi connectivity index (χ3n) is 3.94. The number of aliphatic carboxylic acids is 1. The van der Waals surface area contributed by atoms with Crippen LogP contribution in [0.3, 0.4) is 0 Å². The number of nitrogens with one attached hydrogen (secondary N) is 1. The minimum Gasteiger partial charge on any atom is -0.481 e. The summed E-state index contributed by atoms with van der Waals surface area (Å²) in [4.78, 5) is 24.9. The fourth-order valence-corrected chi connectivity index (χ4v) is 2.68. The van der Waals surface area contributed by atoms with Crippen molar-refractivity contribution < 1.29 is 19.1 Å².